The van der Waals surface area contributed by atoms with Gasteiger partial charge in [0.25, 0.3) is 0 Å². The number of rotatable bonds is 9. The highest BCUT2D eigenvalue weighted by molar-refractivity contribution is 6.34. The van der Waals surface area contributed by atoms with Crippen LogP contribution in [0.4, 0.5) is 8.78 Å². The van der Waals surface area contributed by atoms with Crippen LogP contribution in [0.25, 0.3) is 11.1 Å². The van der Waals surface area contributed by atoms with E-state index in [1.807, 2.05) is 44.2 Å². The number of carbonyl (C=O) groups excluding carboxylic acids is 1. The Morgan fingerprint density at radius 2 is 1.86 bits per heavy atom. The van der Waals surface area contributed by atoms with Gasteiger partial charge in [0.05, 0.1) is 22.8 Å². The second-order valence-corrected chi connectivity index (χ2v) is 11.8. The zero-order valence-electron chi connectivity index (χ0n) is 23.6. The molecule has 1 amide bonds. The highest BCUT2D eigenvalue weighted by Gasteiger charge is 2.50. The molecule has 0 radical (unpaired) electrons. The molecule has 0 aromatic heterocycles. The number of carbonyl (C=O) groups is 1. The fraction of sp³-hybridized carbons (Fsp3) is 0.406. The molecule has 0 spiro atoms. The van der Waals surface area contributed by atoms with Crippen molar-refractivity contribution >= 4 is 17.5 Å². The maximum absolute atomic E-state index is 16.1. The van der Waals surface area contributed by atoms with E-state index in [4.69, 9.17) is 26.8 Å². The van der Waals surface area contributed by atoms with E-state index in [-0.39, 0.29) is 52.5 Å². The Morgan fingerprint density at radius 3 is 2.50 bits per heavy atom. The van der Waals surface area contributed by atoms with Gasteiger partial charge < -0.3 is 30.7 Å². The lowest BCUT2D eigenvalue weighted by molar-refractivity contribution is 0.00890. The molecule has 2 atom stereocenters. The predicted octanol–water partition coefficient (Wildman–Crippen LogP) is 5.43. The molecule has 1 heterocycles. The Balaban J connectivity index is 1.65. The number of halogens is 3. The zero-order valence-corrected chi connectivity index (χ0v) is 24.3. The average molecular weight is 601 g/mol. The maximum atomic E-state index is 16.1. The molecule has 7 nitrogen and oxygen atoms in total. The lowest BCUT2D eigenvalue weighted by Gasteiger charge is -2.38. The van der Waals surface area contributed by atoms with Gasteiger partial charge in [0, 0.05) is 41.3 Å². The van der Waals surface area contributed by atoms with Gasteiger partial charge in [-0.3, -0.25) is 4.79 Å². The summed E-state index contributed by atoms with van der Waals surface area (Å²) in [5.41, 5.74) is 4.65. The minimum atomic E-state index is -1.04. The van der Waals surface area contributed by atoms with Crippen LogP contribution >= 0.6 is 11.6 Å². The molecule has 10 heteroatoms. The van der Waals surface area contributed by atoms with Crippen molar-refractivity contribution < 1.29 is 33.3 Å². The predicted molar refractivity (Wildman–Crippen MR) is 156 cm³/mol. The molecule has 0 bridgehead atoms. The average Bonchev–Trinajstić information content (AvgIpc) is 3.24. The molecule has 5 rings (SSSR count). The monoisotopic (exact) mass is 600 g/mol. The first-order valence-corrected chi connectivity index (χ1v) is 14.5. The standard InChI is InChI=1S/C32H35ClF2N2O5/c1-18-25-24(42-32(18,19-6-4-3-5-7-19)17-37-20-10-12-31(2,40)13-11-20)16-22(34)28(33)27(25)26-21(30(36)39)8-9-23(29(26)35)41-15-14-38/h3-9,16,18,20,37-38,40H,10-15,17H2,1-2H3,(H2,36,39)/t18-,20-,31-,32-/m0/s1. The van der Waals surface area contributed by atoms with Crippen molar-refractivity contribution in [3.63, 3.8) is 0 Å². The van der Waals surface area contributed by atoms with E-state index in [2.05, 4.69) is 5.32 Å². The number of nitrogens with two attached hydrogens (primary N) is 1. The van der Waals surface area contributed by atoms with Gasteiger partial charge in [-0.2, -0.15) is 0 Å². The number of nitrogens with one attached hydrogen (secondary N) is 1. The molecule has 1 aliphatic heterocycles. The van der Waals surface area contributed by atoms with Crippen LogP contribution < -0.4 is 20.5 Å². The number of amides is 1. The first-order chi connectivity index (χ1) is 20.0. The van der Waals surface area contributed by atoms with Crippen LogP contribution in [0.2, 0.25) is 5.02 Å². The minimum absolute atomic E-state index is 0.0357. The van der Waals surface area contributed by atoms with Crippen molar-refractivity contribution in [2.24, 2.45) is 5.73 Å². The number of benzene rings is 3. The smallest absolute Gasteiger partial charge is 0.249 e. The Morgan fingerprint density at radius 1 is 1.17 bits per heavy atom. The van der Waals surface area contributed by atoms with Crippen molar-refractivity contribution in [3.05, 3.63) is 81.9 Å². The van der Waals surface area contributed by atoms with Gasteiger partial charge in [0.1, 0.15) is 18.2 Å². The summed E-state index contributed by atoms with van der Waals surface area (Å²) in [6, 6.07) is 13.4. The second kappa shape index (κ2) is 11.8. The summed E-state index contributed by atoms with van der Waals surface area (Å²) in [6.07, 6.45) is 2.88. The number of ether oxygens (including phenoxy) is 2. The summed E-state index contributed by atoms with van der Waals surface area (Å²) in [7, 11) is 0. The first kappa shape index (κ1) is 30.2. The van der Waals surface area contributed by atoms with E-state index in [9.17, 15) is 15.0 Å². The Kier molecular flexibility index (Phi) is 8.49. The van der Waals surface area contributed by atoms with E-state index < -0.39 is 34.7 Å². The third kappa shape index (κ3) is 5.46. The van der Waals surface area contributed by atoms with Gasteiger partial charge in [-0.1, -0.05) is 48.9 Å². The van der Waals surface area contributed by atoms with Crippen molar-refractivity contribution in [2.45, 2.75) is 62.7 Å². The fourth-order valence-electron chi connectivity index (χ4n) is 6.23. The summed E-state index contributed by atoms with van der Waals surface area (Å²) < 4.78 is 43.6. The molecule has 1 fully saturated rings. The number of fused-ring (bicyclic) bond motifs is 1. The van der Waals surface area contributed by atoms with E-state index in [1.54, 1.807) is 0 Å². The van der Waals surface area contributed by atoms with Gasteiger partial charge in [-0.25, -0.2) is 8.78 Å². The molecule has 1 saturated carbocycles. The molecule has 224 valence electrons. The number of hydrogen-bond acceptors (Lipinski definition) is 6. The molecule has 1 aliphatic carbocycles. The molecule has 3 aromatic carbocycles. The molecule has 42 heavy (non-hydrogen) atoms. The van der Waals surface area contributed by atoms with Gasteiger partial charge in [0.15, 0.2) is 17.2 Å². The lowest BCUT2D eigenvalue weighted by Crippen LogP contribution is -2.49. The summed E-state index contributed by atoms with van der Waals surface area (Å²) in [6.45, 7) is 3.52. The van der Waals surface area contributed by atoms with Crippen LogP contribution in [0.3, 0.4) is 0 Å². The number of aliphatic hydroxyl groups is 2. The highest BCUT2D eigenvalue weighted by atomic mass is 35.5. The Labute approximate surface area is 248 Å². The molecular weight excluding hydrogens is 566 g/mol. The van der Waals surface area contributed by atoms with Gasteiger partial charge in [0.2, 0.25) is 5.91 Å². The highest BCUT2D eigenvalue weighted by Crippen LogP contribution is 2.56. The first-order valence-electron chi connectivity index (χ1n) is 14.1. The molecule has 5 N–H and O–H groups in total. The normalized spacial score (nSPS) is 25.1. The van der Waals surface area contributed by atoms with Crippen molar-refractivity contribution in [2.75, 3.05) is 19.8 Å². The summed E-state index contributed by atoms with van der Waals surface area (Å²) in [4.78, 5) is 12.5. The number of aliphatic hydroxyl groups excluding tert-OH is 1. The summed E-state index contributed by atoms with van der Waals surface area (Å²) in [5.74, 6) is -3.29. The molecule has 3 aromatic rings. The Bertz CT molecular complexity index is 1480. The fourth-order valence-corrected chi connectivity index (χ4v) is 6.48. The molecular formula is C32H35ClF2N2O5. The SMILES string of the molecule is C[C@H]1c2c(cc(F)c(Cl)c2-c2c(C(N)=O)ccc(OCCO)c2F)O[C@]1(CN[C@H]1CC[C@](C)(O)CC1)c1ccccc1. The summed E-state index contributed by atoms with van der Waals surface area (Å²) >= 11 is 6.58. The molecule has 0 unspecified atom stereocenters. The maximum Gasteiger partial charge on any atom is 0.249 e. The second-order valence-electron chi connectivity index (χ2n) is 11.4. The summed E-state index contributed by atoms with van der Waals surface area (Å²) in [5, 5.41) is 22.9. The zero-order chi connectivity index (χ0) is 30.2. The van der Waals surface area contributed by atoms with Crippen LogP contribution in [0, 0.1) is 11.6 Å². The van der Waals surface area contributed by atoms with Gasteiger partial charge in [-0.05, 0) is 50.3 Å². The van der Waals surface area contributed by atoms with Crippen LogP contribution in [0.1, 0.15) is 66.9 Å². The van der Waals surface area contributed by atoms with Gasteiger partial charge in [-0.15, -0.1) is 0 Å². The van der Waals surface area contributed by atoms with Crippen molar-refractivity contribution in [3.8, 4) is 22.6 Å². The molecule has 2 aliphatic rings. The van der Waals surface area contributed by atoms with E-state index >= 15 is 8.78 Å². The van der Waals surface area contributed by atoms with E-state index in [0.29, 0.717) is 24.9 Å². The van der Waals surface area contributed by atoms with E-state index in [1.165, 1.54) is 18.2 Å². The van der Waals surface area contributed by atoms with Crippen molar-refractivity contribution in [1.29, 1.82) is 0 Å². The van der Waals surface area contributed by atoms with Gasteiger partial charge >= 0.3 is 0 Å². The number of hydrogen-bond donors (Lipinski definition) is 4. The van der Waals surface area contributed by atoms with Crippen LogP contribution in [0.5, 0.6) is 11.5 Å². The number of primary amides is 1. The Hall–Kier alpha value is -3.24. The quantitative estimate of drug-likeness (QED) is 0.260. The van der Waals surface area contributed by atoms with Crippen LogP contribution in [-0.4, -0.2) is 47.5 Å². The third-order valence-corrected chi connectivity index (χ3v) is 8.97. The third-order valence-electron chi connectivity index (χ3n) is 8.60. The molecule has 0 saturated heterocycles. The van der Waals surface area contributed by atoms with E-state index in [0.717, 1.165) is 18.4 Å². The van der Waals surface area contributed by atoms with Crippen LogP contribution in [0.15, 0.2) is 48.5 Å². The lowest BCUT2D eigenvalue weighted by atomic mass is 9.77. The topological polar surface area (TPSA) is 114 Å². The van der Waals surface area contributed by atoms with Crippen molar-refractivity contribution in [1.82, 2.24) is 5.32 Å². The minimum Gasteiger partial charge on any atom is -0.488 e. The van der Waals surface area contributed by atoms with Crippen LogP contribution in [-0.2, 0) is 5.60 Å². The largest absolute Gasteiger partial charge is 0.488 e.